The van der Waals surface area contributed by atoms with E-state index in [0.29, 0.717) is 12.3 Å². The SMILES string of the molecule is CCC(C)c1ccc(C(N)CC#N)cc1. The molecular formula is C13H18N2. The maximum atomic E-state index is 8.55. The van der Waals surface area contributed by atoms with Crippen LogP contribution in [0.25, 0.3) is 0 Å². The Labute approximate surface area is 91.7 Å². The van der Waals surface area contributed by atoms with E-state index in [-0.39, 0.29) is 6.04 Å². The molecule has 2 nitrogen and oxygen atoms in total. The van der Waals surface area contributed by atoms with Crippen LogP contribution >= 0.6 is 0 Å². The van der Waals surface area contributed by atoms with Crippen LogP contribution in [0.4, 0.5) is 0 Å². The molecule has 80 valence electrons. The van der Waals surface area contributed by atoms with Gasteiger partial charge < -0.3 is 5.73 Å². The summed E-state index contributed by atoms with van der Waals surface area (Å²) < 4.78 is 0. The quantitative estimate of drug-likeness (QED) is 0.815. The van der Waals surface area contributed by atoms with Crippen molar-refractivity contribution < 1.29 is 0 Å². The van der Waals surface area contributed by atoms with Crippen LogP contribution in [0.1, 0.15) is 49.8 Å². The summed E-state index contributed by atoms with van der Waals surface area (Å²) in [5, 5.41) is 8.55. The van der Waals surface area contributed by atoms with Gasteiger partial charge in [0.1, 0.15) is 0 Å². The number of nitrogens with two attached hydrogens (primary N) is 1. The topological polar surface area (TPSA) is 49.8 Å². The molecule has 0 radical (unpaired) electrons. The third-order valence-electron chi connectivity index (χ3n) is 2.86. The molecule has 15 heavy (non-hydrogen) atoms. The lowest BCUT2D eigenvalue weighted by Gasteiger charge is -2.12. The predicted octanol–water partition coefficient (Wildman–Crippen LogP) is 3.11. The first-order valence-electron chi connectivity index (χ1n) is 5.41. The molecule has 0 saturated heterocycles. The highest BCUT2D eigenvalue weighted by molar-refractivity contribution is 5.27. The lowest BCUT2D eigenvalue weighted by molar-refractivity contribution is 0.724. The van der Waals surface area contributed by atoms with Crippen LogP contribution in [0.5, 0.6) is 0 Å². The van der Waals surface area contributed by atoms with Gasteiger partial charge in [-0.15, -0.1) is 0 Å². The van der Waals surface area contributed by atoms with Crippen LogP contribution in [-0.2, 0) is 0 Å². The van der Waals surface area contributed by atoms with E-state index in [2.05, 4.69) is 32.0 Å². The van der Waals surface area contributed by atoms with Crippen LogP contribution in [-0.4, -0.2) is 0 Å². The fourth-order valence-electron chi connectivity index (χ4n) is 1.52. The van der Waals surface area contributed by atoms with Gasteiger partial charge in [0, 0.05) is 6.04 Å². The first-order valence-corrected chi connectivity index (χ1v) is 5.41. The summed E-state index contributed by atoms with van der Waals surface area (Å²) in [6.07, 6.45) is 1.52. The number of hydrogen-bond donors (Lipinski definition) is 1. The molecule has 0 fully saturated rings. The molecule has 0 saturated carbocycles. The molecule has 0 aliphatic carbocycles. The molecule has 0 aromatic heterocycles. The predicted molar refractivity (Wildman–Crippen MR) is 62.3 cm³/mol. The van der Waals surface area contributed by atoms with Gasteiger partial charge >= 0.3 is 0 Å². The standard InChI is InChI=1S/C13H18N2/c1-3-10(2)11-4-6-12(7-5-11)13(15)8-9-14/h4-7,10,13H,3,8,15H2,1-2H3. The van der Waals surface area contributed by atoms with Gasteiger partial charge in [0.2, 0.25) is 0 Å². The summed E-state index contributed by atoms with van der Waals surface area (Å²) in [6.45, 7) is 4.39. The molecule has 1 rings (SSSR count). The average molecular weight is 202 g/mol. The first kappa shape index (κ1) is 11.7. The lowest BCUT2D eigenvalue weighted by Crippen LogP contribution is -2.09. The maximum absolute atomic E-state index is 8.55. The highest BCUT2D eigenvalue weighted by Gasteiger charge is 2.06. The molecule has 2 atom stereocenters. The van der Waals surface area contributed by atoms with Crippen molar-refractivity contribution in [1.29, 1.82) is 5.26 Å². The fraction of sp³-hybridized carbons (Fsp3) is 0.462. The number of hydrogen-bond acceptors (Lipinski definition) is 2. The Balaban J connectivity index is 2.77. The van der Waals surface area contributed by atoms with E-state index in [4.69, 9.17) is 11.0 Å². The Kier molecular flexibility index (Phi) is 4.33. The van der Waals surface area contributed by atoms with Crippen molar-refractivity contribution >= 4 is 0 Å². The van der Waals surface area contributed by atoms with Crippen molar-refractivity contribution in [3.63, 3.8) is 0 Å². The highest BCUT2D eigenvalue weighted by Crippen LogP contribution is 2.21. The van der Waals surface area contributed by atoms with Crippen LogP contribution < -0.4 is 5.73 Å². The summed E-state index contributed by atoms with van der Waals surface area (Å²) in [7, 11) is 0. The second kappa shape index (κ2) is 5.53. The minimum atomic E-state index is -0.152. The zero-order valence-corrected chi connectivity index (χ0v) is 9.40. The van der Waals surface area contributed by atoms with Crippen molar-refractivity contribution in [2.24, 2.45) is 5.73 Å². The van der Waals surface area contributed by atoms with Crippen molar-refractivity contribution in [3.8, 4) is 6.07 Å². The smallest absolute Gasteiger partial charge is 0.0641 e. The van der Waals surface area contributed by atoms with Gasteiger partial charge in [-0.3, -0.25) is 0 Å². The van der Waals surface area contributed by atoms with E-state index in [0.717, 1.165) is 12.0 Å². The normalized spacial score (nSPS) is 14.3. The lowest BCUT2D eigenvalue weighted by atomic mass is 9.96. The van der Waals surface area contributed by atoms with E-state index in [9.17, 15) is 0 Å². The third kappa shape index (κ3) is 3.07. The molecule has 1 aromatic carbocycles. The molecule has 1 aromatic rings. The second-order valence-corrected chi connectivity index (χ2v) is 3.94. The Bertz CT molecular complexity index is 335. The summed E-state index contributed by atoms with van der Waals surface area (Å²) in [4.78, 5) is 0. The molecule has 0 heterocycles. The Morgan fingerprint density at radius 2 is 1.80 bits per heavy atom. The van der Waals surface area contributed by atoms with Crippen LogP contribution in [0.15, 0.2) is 24.3 Å². The van der Waals surface area contributed by atoms with Crippen LogP contribution in [0.2, 0.25) is 0 Å². The third-order valence-corrected chi connectivity index (χ3v) is 2.86. The van der Waals surface area contributed by atoms with E-state index in [1.54, 1.807) is 0 Å². The Hall–Kier alpha value is -1.33. The number of benzene rings is 1. The van der Waals surface area contributed by atoms with E-state index < -0.39 is 0 Å². The van der Waals surface area contributed by atoms with Gasteiger partial charge in [-0.05, 0) is 23.5 Å². The fourth-order valence-corrected chi connectivity index (χ4v) is 1.52. The van der Waals surface area contributed by atoms with Gasteiger partial charge in [-0.25, -0.2) is 0 Å². The molecule has 0 bridgehead atoms. The number of rotatable bonds is 4. The number of nitrogens with zero attached hydrogens (tertiary/aromatic N) is 1. The van der Waals surface area contributed by atoms with Gasteiger partial charge in [0.15, 0.2) is 0 Å². The molecule has 2 heteroatoms. The largest absolute Gasteiger partial charge is 0.323 e. The average Bonchev–Trinajstić information content (AvgIpc) is 2.28. The van der Waals surface area contributed by atoms with E-state index >= 15 is 0 Å². The van der Waals surface area contributed by atoms with Gasteiger partial charge in [0.25, 0.3) is 0 Å². The van der Waals surface area contributed by atoms with Gasteiger partial charge in [-0.2, -0.15) is 5.26 Å². The zero-order chi connectivity index (χ0) is 11.3. The number of nitriles is 1. The van der Waals surface area contributed by atoms with Gasteiger partial charge in [0.05, 0.1) is 12.5 Å². The Morgan fingerprint density at radius 1 is 1.27 bits per heavy atom. The first-order chi connectivity index (χ1) is 7.19. The van der Waals surface area contributed by atoms with Gasteiger partial charge in [-0.1, -0.05) is 38.1 Å². The zero-order valence-electron chi connectivity index (χ0n) is 9.40. The van der Waals surface area contributed by atoms with Crippen LogP contribution in [0, 0.1) is 11.3 Å². The molecular weight excluding hydrogens is 184 g/mol. The molecule has 0 aliphatic rings. The van der Waals surface area contributed by atoms with E-state index in [1.807, 2.05) is 12.1 Å². The van der Waals surface area contributed by atoms with Crippen molar-refractivity contribution in [3.05, 3.63) is 35.4 Å². The monoisotopic (exact) mass is 202 g/mol. The second-order valence-electron chi connectivity index (χ2n) is 3.94. The summed E-state index contributed by atoms with van der Waals surface area (Å²) in [5.74, 6) is 0.589. The molecule has 0 amide bonds. The molecule has 2 unspecified atom stereocenters. The van der Waals surface area contributed by atoms with E-state index in [1.165, 1.54) is 5.56 Å². The minimum absolute atomic E-state index is 0.152. The summed E-state index contributed by atoms with van der Waals surface area (Å²) >= 11 is 0. The summed E-state index contributed by atoms with van der Waals surface area (Å²) in [5.41, 5.74) is 8.23. The van der Waals surface area contributed by atoms with Crippen molar-refractivity contribution in [2.45, 2.75) is 38.6 Å². The van der Waals surface area contributed by atoms with Crippen molar-refractivity contribution in [2.75, 3.05) is 0 Å². The maximum Gasteiger partial charge on any atom is 0.0641 e. The highest BCUT2D eigenvalue weighted by atomic mass is 14.6. The molecule has 0 spiro atoms. The Morgan fingerprint density at radius 3 is 2.27 bits per heavy atom. The minimum Gasteiger partial charge on any atom is -0.323 e. The summed E-state index contributed by atoms with van der Waals surface area (Å²) in [6, 6.07) is 10.2. The molecule has 0 aliphatic heterocycles. The van der Waals surface area contributed by atoms with Crippen molar-refractivity contribution in [1.82, 2.24) is 0 Å². The molecule has 2 N–H and O–H groups in total. The van der Waals surface area contributed by atoms with Crippen LogP contribution in [0.3, 0.4) is 0 Å².